The maximum Gasteiger partial charge on any atom is 0.0951 e. The van der Waals surface area contributed by atoms with Crippen molar-refractivity contribution in [2.45, 2.75) is 19.4 Å². The molecule has 0 bridgehead atoms. The van der Waals surface area contributed by atoms with E-state index in [1.54, 1.807) is 0 Å². The van der Waals surface area contributed by atoms with E-state index < -0.39 is 0 Å². The monoisotopic (exact) mass is 285 g/mol. The molecule has 2 aliphatic rings. The first kappa shape index (κ1) is 12.3. The number of benzene rings is 1. The molecule has 0 spiro atoms. The molecule has 0 saturated carbocycles. The minimum absolute atomic E-state index is 0.803. The summed E-state index contributed by atoms with van der Waals surface area (Å²) in [5, 5.41) is 3.53. The molecule has 0 radical (unpaired) electrons. The van der Waals surface area contributed by atoms with Gasteiger partial charge in [-0.2, -0.15) is 11.8 Å². The first-order valence-electron chi connectivity index (χ1n) is 7.36. The van der Waals surface area contributed by atoms with Crippen molar-refractivity contribution in [1.82, 2.24) is 9.55 Å². The Kier molecular flexibility index (Phi) is 3.19. The average Bonchev–Trinajstić information content (AvgIpc) is 3.19. The number of imidazole rings is 1. The second kappa shape index (κ2) is 5.17. The number of rotatable bonds is 3. The fourth-order valence-electron chi connectivity index (χ4n) is 3.25. The Labute approximate surface area is 123 Å². The van der Waals surface area contributed by atoms with E-state index in [9.17, 15) is 0 Å². The Morgan fingerprint density at radius 1 is 1.40 bits per heavy atom. The zero-order chi connectivity index (χ0) is 13.4. The summed E-state index contributed by atoms with van der Waals surface area (Å²) in [4.78, 5) is 4.39. The number of hydrogen-bond acceptors (Lipinski definition) is 3. The zero-order valence-corrected chi connectivity index (χ0v) is 12.3. The molecule has 2 aliphatic heterocycles. The topological polar surface area (TPSA) is 29.9 Å². The van der Waals surface area contributed by atoms with Gasteiger partial charge in [-0.05, 0) is 35.8 Å². The summed E-state index contributed by atoms with van der Waals surface area (Å²) in [7, 11) is 0. The van der Waals surface area contributed by atoms with Crippen LogP contribution in [0.25, 0.3) is 11.3 Å². The van der Waals surface area contributed by atoms with E-state index in [2.05, 4.69) is 44.8 Å². The van der Waals surface area contributed by atoms with Crippen LogP contribution in [0.3, 0.4) is 0 Å². The van der Waals surface area contributed by atoms with Gasteiger partial charge in [-0.15, -0.1) is 0 Å². The molecule has 0 aliphatic carbocycles. The van der Waals surface area contributed by atoms with Crippen LogP contribution in [0.1, 0.15) is 12.0 Å². The summed E-state index contributed by atoms with van der Waals surface area (Å²) < 4.78 is 2.34. The van der Waals surface area contributed by atoms with Gasteiger partial charge in [-0.25, -0.2) is 4.98 Å². The lowest BCUT2D eigenvalue weighted by molar-refractivity contribution is 0.495. The van der Waals surface area contributed by atoms with Gasteiger partial charge >= 0.3 is 0 Å². The molecule has 1 atom stereocenters. The summed E-state index contributed by atoms with van der Waals surface area (Å²) >= 11 is 2.08. The molecule has 2 aromatic rings. The Balaban J connectivity index is 1.69. The van der Waals surface area contributed by atoms with Crippen molar-refractivity contribution in [3.63, 3.8) is 0 Å². The van der Waals surface area contributed by atoms with E-state index >= 15 is 0 Å². The number of nitrogens with zero attached hydrogens (tertiary/aromatic N) is 2. The van der Waals surface area contributed by atoms with Gasteiger partial charge in [-0.3, -0.25) is 0 Å². The van der Waals surface area contributed by atoms with Crippen LogP contribution in [0.2, 0.25) is 0 Å². The van der Waals surface area contributed by atoms with Gasteiger partial charge < -0.3 is 9.88 Å². The van der Waals surface area contributed by atoms with Gasteiger partial charge in [0.25, 0.3) is 0 Å². The van der Waals surface area contributed by atoms with Crippen molar-refractivity contribution in [3.05, 3.63) is 36.3 Å². The maximum atomic E-state index is 4.39. The minimum atomic E-state index is 0.803. The molecule has 1 aromatic heterocycles. The molecule has 0 amide bonds. The summed E-state index contributed by atoms with van der Waals surface area (Å²) in [5.74, 6) is 3.41. The lowest BCUT2D eigenvalue weighted by atomic mass is 10.0. The first-order valence-corrected chi connectivity index (χ1v) is 8.51. The molecule has 1 fully saturated rings. The highest BCUT2D eigenvalue weighted by atomic mass is 32.2. The van der Waals surface area contributed by atoms with Gasteiger partial charge in [0.05, 0.1) is 18.2 Å². The van der Waals surface area contributed by atoms with Crippen LogP contribution in [-0.4, -0.2) is 27.6 Å². The Bertz CT molecular complexity index is 614. The van der Waals surface area contributed by atoms with Crippen LogP contribution in [0, 0.1) is 5.92 Å². The lowest BCUT2D eigenvalue weighted by Gasteiger charge is -2.15. The van der Waals surface area contributed by atoms with Crippen molar-refractivity contribution in [1.29, 1.82) is 0 Å². The lowest BCUT2D eigenvalue weighted by Crippen LogP contribution is -2.10. The van der Waals surface area contributed by atoms with Crippen LogP contribution in [0.4, 0.5) is 5.69 Å². The molecular weight excluding hydrogens is 266 g/mol. The van der Waals surface area contributed by atoms with Crippen LogP contribution in [0.15, 0.2) is 30.7 Å². The standard InChI is InChI=1S/C16H19N3S/c1-2-13-4-6-18-16(13)14(3-1)15-8-17-11-19(15)9-12-5-7-20-10-12/h1-3,8,11-12,18H,4-7,9-10H2. The highest BCUT2D eigenvalue weighted by Gasteiger charge is 2.20. The zero-order valence-electron chi connectivity index (χ0n) is 11.5. The predicted octanol–water partition coefficient (Wildman–Crippen LogP) is 3.27. The Hall–Kier alpha value is -1.42. The summed E-state index contributed by atoms with van der Waals surface area (Å²) in [6.45, 7) is 2.16. The van der Waals surface area contributed by atoms with Crippen molar-refractivity contribution < 1.29 is 0 Å². The minimum Gasteiger partial charge on any atom is -0.384 e. The van der Waals surface area contributed by atoms with E-state index in [1.807, 2.05) is 12.5 Å². The number of hydrogen-bond donors (Lipinski definition) is 1. The summed E-state index contributed by atoms with van der Waals surface area (Å²) in [6, 6.07) is 6.62. The maximum absolute atomic E-state index is 4.39. The highest BCUT2D eigenvalue weighted by Crippen LogP contribution is 2.35. The number of aromatic nitrogens is 2. The van der Waals surface area contributed by atoms with Crippen LogP contribution >= 0.6 is 11.8 Å². The van der Waals surface area contributed by atoms with Crippen molar-refractivity contribution >= 4 is 17.4 Å². The molecule has 104 valence electrons. The first-order chi connectivity index (χ1) is 9.92. The predicted molar refractivity (Wildman–Crippen MR) is 85.3 cm³/mol. The van der Waals surface area contributed by atoms with Crippen LogP contribution in [-0.2, 0) is 13.0 Å². The van der Waals surface area contributed by atoms with Crippen molar-refractivity contribution in [3.8, 4) is 11.3 Å². The smallest absolute Gasteiger partial charge is 0.0951 e. The fraction of sp³-hybridized carbons (Fsp3) is 0.438. The molecule has 20 heavy (non-hydrogen) atoms. The molecule has 1 aromatic carbocycles. The van der Waals surface area contributed by atoms with Gasteiger partial charge in [0.2, 0.25) is 0 Å². The van der Waals surface area contributed by atoms with Crippen molar-refractivity contribution in [2.75, 3.05) is 23.4 Å². The third-order valence-electron chi connectivity index (χ3n) is 4.31. The number of nitrogens with one attached hydrogen (secondary N) is 1. The van der Waals surface area contributed by atoms with Crippen LogP contribution < -0.4 is 5.32 Å². The van der Waals surface area contributed by atoms with Gasteiger partial charge in [-0.1, -0.05) is 18.2 Å². The summed E-state index contributed by atoms with van der Waals surface area (Å²) in [6.07, 6.45) is 6.48. The number of thioether (sulfide) groups is 1. The van der Waals surface area contributed by atoms with E-state index in [4.69, 9.17) is 0 Å². The molecule has 4 heteroatoms. The van der Waals surface area contributed by atoms with Gasteiger partial charge in [0.15, 0.2) is 0 Å². The summed E-state index contributed by atoms with van der Waals surface area (Å²) in [5.41, 5.74) is 5.32. The largest absolute Gasteiger partial charge is 0.384 e. The number of anilines is 1. The molecular formula is C16H19N3S. The third-order valence-corrected chi connectivity index (χ3v) is 5.55. The van der Waals surface area contributed by atoms with E-state index in [0.717, 1.165) is 25.4 Å². The molecule has 3 nitrogen and oxygen atoms in total. The second-order valence-corrected chi connectivity index (χ2v) is 6.83. The molecule has 1 saturated heterocycles. The molecule has 4 rings (SSSR count). The Morgan fingerprint density at radius 3 is 3.30 bits per heavy atom. The third kappa shape index (κ3) is 2.12. The van der Waals surface area contributed by atoms with Crippen LogP contribution in [0.5, 0.6) is 0 Å². The molecule has 3 heterocycles. The molecule has 1 N–H and O–H groups in total. The Morgan fingerprint density at radius 2 is 2.40 bits per heavy atom. The van der Waals surface area contributed by atoms with E-state index in [1.165, 1.54) is 40.4 Å². The van der Waals surface area contributed by atoms with E-state index in [-0.39, 0.29) is 0 Å². The SMILES string of the molecule is c1cc2c(c(-c3cncn3CC3CCSC3)c1)NCC2. The van der Waals surface area contributed by atoms with Gasteiger partial charge in [0.1, 0.15) is 0 Å². The quantitative estimate of drug-likeness (QED) is 0.938. The van der Waals surface area contributed by atoms with E-state index in [0.29, 0.717) is 0 Å². The molecule has 1 unspecified atom stereocenters. The van der Waals surface area contributed by atoms with Gasteiger partial charge in [0, 0.05) is 24.3 Å². The van der Waals surface area contributed by atoms with Crippen molar-refractivity contribution in [2.24, 2.45) is 5.92 Å². The average molecular weight is 285 g/mol. The normalized spacial score (nSPS) is 20.9. The number of para-hydroxylation sites is 1. The number of fused-ring (bicyclic) bond motifs is 1. The second-order valence-electron chi connectivity index (χ2n) is 5.68. The fourth-order valence-corrected chi connectivity index (χ4v) is 4.52. The highest BCUT2D eigenvalue weighted by molar-refractivity contribution is 7.99.